The molecule has 100 valence electrons. The molecular weight excluding hydrogens is 320 g/mol. The van der Waals surface area contributed by atoms with Crippen molar-refractivity contribution in [1.82, 2.24) is 15.1 Å². The molecule has 0 amide bonds. The average molecular weight is 331 g/mol. The van der Waals surface area contributed by atoms with Crippen LogP contribution in [0.25, 0.3) is 11.5 Å². The lowest BCUT2D eigenvalue weighted by Crippen LogP contribution is -2.12. The number of nitrogens with zero attached hydrogens (tertiary/aromatic N) is 3. The first-order valence-corrected chi connectivity index (χ1v) is 6.80. The first-order valence-electron chi connectivity index (χ1n) is 6.01. The minimum atomic E-state index is -0.445. The van der Waals surface area contributed by atoms with Crippen molar-refractivity contribution in [3.63, 3.8) is 0 Å². The summed E-state index contributed by atoms with van der Waals surface area (Å²) in [7, 11) is 0. The molecule has 3 aromatic rings. The van der Waals surface area contributed by atoms with Crippen LogP contribution in [0.2, 0.25) is 0 Å². The SMILES string of the molecule is NC(c1ccccc1)c1nc(-c2ncccc2Br)no1. The smallest absolute Gasteiger partial charge is 0.248 e. The molecule has 0 fully saturated rings. The highest BCUT2D eigenvalue weighted by molar-refractivity contribution is 9.10. The van der Waals surface area contributed by atoms with E-state index in [1.807, 2.05) is 42.5 Å². The zero-order valence-corrected chi connectivity index (χ0v) is 12.0. The van der Waals surface area contributed by atoms with Gasteiger partial charge in [0, 0.05) is 10.7 Å². The zero-order valence-electron chi connectivity index (χ0n) is 10.4. The van der Waals surface area contributed by atoms with Crippen molar-refractivity contribution in [2.45, 2.75) is 6.04 Å². The van der Waals surface area contributed by atoms with Crippen molar-refractivity contribution in [2.24, 2.45) is 5.73 Å². The summed E-state index contributed by atoms with van der Waals surface area (Å²) in [6, 6.07) is 12.9. The molecule has 0 aliphatic heterocycles. The molecule has 1 unspecified atom stereocenters. The van der Waals surface area contributed by atoms with Gasteiger partial charge in [0.05, 0.1) is 0 Å². The molecule has 0 saturated heterocycles. The van der Waals surface area contributed by atoms with Crippen molar-refractivity contribution in [1.29, 1.82) is 0 Å². The summed E-state index contributed by atoms with van der Waals surface area (Å²) in [6.45, 7) is 0. The Morgan fingerprint density at radius 2 is 1.90 bits per heavy atom. The number of benzene rings is 1. The highest BCUT2D eigenvalue weighted by Crippen LogP contribution is 2.25. The number of nitrogens with two attached hydrogens (primary N) is 1. The molecule has 3 rings (SSSR count). The van der Waals surface area contributed by atoms with Gasteiger partial charge in [-0.05, 0) is 33.6 Å². The van der Waals surface area contributed by atoms with Crippen LogP contribution in [0.3, 0.4) is 0 Å². The van der Waals surface area contributed by atoms with Crippen LogP contribution < -0.4 is 5.73 Å². The number of pyridine rings is 1. The number of hydrogen-bond donors (Lipinski definition) is 1. The minimum absolute atomic E-state index is 0.365. The normalized spacial score (nSPS) is 12.3. The second-order valence-corrected chi connectivity index (χ2v) is 5.03. The summed E-state index contributed by atoms with van der Waals surface area (Å²) in [5.41, 5.74) is 7.66. The summed E-state index contributed by atoms with van der Waals surface area (Å²) in [5.74, 6) is 0.780. The molecule has 5 nitrogen and oxygen atoms in total. The van der Waals surface area contributed by atoms with E-state index in [1.165, 1.54) is 0 Å². The van der Waals surface area contributed by atoms with Crippen molar-refractivity contribution in [3.8, 4) is 11.5 Å². The van der Waals surface area contributed by atoms with Crippen LogP contribution in [0.1, 0.15) is 17.5 Å². The molecule has 0 spiro atoms. The van der Waals surface area contributed by atoms with Gasteiger partial charge in [0.1, 0.15) is 11.7 Å². The van der Waals surface area contributed by atoms with Crippen molar-refractivity contribution >= 4 is 15.9 Å². The highest BCUT2D eigenvalue weighted by atomic mass is 79.9. The Balaban J connectivity index is 1.93. The molecule has 0 radical (unpaired) electrons. The fourth-order valence-corrected chi connectivity index (χ4v) is 2.24. The van der Waals surface area contributed by atoms with Gasteiger partial charge in [0.2, 0.25) is 11.7 Å². The first kappa shape index (κ1) is 13.0. The molecule has 0 aliphatic carbocycles. The Bertz CT molecular complexity index is 714. The predicted molar refractivity (Wildman–Crippen MR) is 77.7 cm³/mol. The maximum atomic E-state index is 6.12. The fourth-order valence-electron chi connectivity index (χ4n) is 1.81. The maximum absolute atomic E-state index is 6.12. The Morgan fingerprint density at radius 1 is 1.10 bits per heavy atom. The summed E-state index contributed by atoms with van der Waals surface area (Å²) in [5, 5.41) is 3.94. The van der Waals surface area contributed by atoms with E-state index in [0.29, 0.717) is 17.4 Å². The predicted octanol–water partition coefficient (Wildman–Crippen LogP) is 2.94. The molecule has 1 atom stereocenters. The average Bonchev–Trinajstić information content (AvgIpc) is 2.97. The van der Waals surface area contributed by atoms with Gasteiger partial charge in [-0.25, -0.2) is 0 Å². The van der Waals surface area contributed by atoms with Gasteiger partial charge in [-0.2, -0.15) is 4.98 Å². The van der Waals surface area contributed by atoms with E-state index >= 15 is 0 Å². The molecular formula is C14H11BrN4O. The van der Waals surface area contributed by atoms with Gasteiger partial charge in [0.25, 0.3) is 0 Å². The van der Waals surface area contributed by atoms with Crippen molar-refractivity contribution in [2.75, 3.05) is 0 Å². The van der Waals surface area contributed by atoms with Gasteiger partial charge < -0.3 is 10.3 Å². The fraction of sp³-hybridized carbons (Fsp3) is 0.0714. The Morgan fingerprint density at radius 3 is 2.65 bits per heavy atom. The second-order valence-electron chi connectivity index (χ2n) is 4.18. The molecule has 0 aliphatic rings. The van der Waals surface area contributed by atoms with Gasteiger partial charge in [-0.3, -0.25) is 4.98 Å². The zero-order chi connectivity index (χ0) is 13.9. The third kappa shape index (κ3) is 2.48. The van der Waals surface area contributed by atoms with Crippen LogP contribution in [-0.4, -0.2) is 15.1 Å². The lowest BCUT2D eigenvalue weighted by atomic mass is 10.1. The van der Waals surface area contributed by atoms with Crippen LogP contribution in [0.5, 0.6) is 0 Å². The third-order valence-corrected chi connectivity index (χ3v) is 3.48. The minimum Gasteiger partial charge on any atom is -0.337 e. The highest BCUT2D eigenvalue weighted by Gasteiger charge is 2.18. The summed E-state index contributed by atoms with van der Waals surface area (Å²) < 4.78 is 6.05. The van der Waals surface area contributed by atoms with Crippen LogP contribution >= 0.6 is 15.9 Å². The largest absolute Gasteiger partial charge is 0.337 e. The van der Waals surface area contributed by atoms with Gasteiger partial charge in [-0.15, -0.1) is 0 Å². The molecule has 0 saturated carbocycles. The van der Waals surface area contributed by atoms with Crippen LogP contribution in [-0.2, 0) is 0 Å². The van der Waals surface area contributed by atoms with E-state index in [2.05, 4.69) is 31.1 Å². The molecule has 0 bridgehead atoms. The number of aromatic nitrogens is 3. The number of rotatable bonds is 3. The van der Waals surface area contributed by atoms with E-state index in [4.69, 9.17) is 10.3 Å². The maximum Gasteiger partial charge on any atom is 0.248 e. The van der Waals surface area contributed by atoms with E-state index < -0.39 is 6.04 Å². The number of hydrogen-bond acceptors (Lipinski definition) is 5. The van der Waals surface area contributed by atoms with Gasteiger partial charge in [0.15, 0.2) is 0 Å². The molecule has 20 heavy (non-hydrogen) atoms. The Hall–Kier alpha value is -2.05. The third-order valence-electron chi connectivity index (χ3n) is 2.84. The van der Waals surface area contributed by atoms with Crippen LogP contribution in [0.15, 0.2) is 57.7 Å². The van der Waals surface area contributed by atoms with Crippen molar-refractivity contribution in [3.05, 3.63) is 64.6 Å². The summed E-state index contributed by atoms with van der Waals surface area (Å²) >= 11 is 3.41. The number of halogens is 1. The monoisotopic (exact) mass is 330 g/mol. The lowest BCUT2D eigenvalue weighted by molar-refractivity contribution is 0.367. The van der Waals surface area contributed by atoms with Crippen molar-refractivity contribution < 1.29 is 4.52 Å². The quantitative estimate of drug-likeness (QED) is 0.798. The second kappa shape index (κ2) is 5.52. The summed E-state index contributed by atoms with van der Waals surface area (Å²) in [6.07, 6.45) is 1.67. The van der Waals surface area contributed by atoms with E-state index in [9.17, 15) is 0 Å². The molecule has 2 aromatic heterocycles. The molecule has 1 aromatic carbocycles. The molecule has 6 heteroatoms. The standard InChI is InChI=1S/C14H11BrN4O/c15-10-7-4-8-17-12(10)13-18-14(20-19-13)11(16)9-5-2-1-3-6-9/h1-8,11H,16H2. The molecule has 2 N–H and O–H groups in total. The Kier molecular flexibility index (Phi) is 3.58. The topological polar surface area (TPSA) is 77.8 Å². The van der Waals surface area contributed by atoms with E-state index in [1.54, 1.807) is 6.20 Å². The van der Waals surface area contributed by atoms with E-state index in [-0.39, 0.29) is 0 Å². The summed E-state index contributed by atoms with van der Waals surface area (Å²) in [4.78, 5) is 8.54. The lowest BCUT2D eigenvalue weighted by Gasteiger charge is -2.05. The molecule has 2 heterocycles. The van der Waals surface area contributed by atoms with Crippen LogP contribution in [0, 0.1) is 0 Å². The first-order chi connectivity index (χ1) is 9.75. The van der Waals surface area contributed by atoms with Gasteiger partial charge in [-0.1, -0.05) is 35.5 Å². The Labute approximate surface area is 124 Å². The van der Waals surface area contributed by atoms with Gasteiger partial charge >= 0.3 is 0 Å². The van der Waals surface area contributed by atoms with E-state index in [0.717, 1.165) is 10.0 Å². The van der Waals surface area contributed by atoms with Crippen LogP contribution in [0.4, 0.5) is 0 Å².